The maximum absolute atomic E-state index is 13.5. The first-order valence-electron chi connectivity index (χ1n) is 44.8. The maximum atomic E-state index is 13.5. The number of amides is 1. The number of alkyl halides is 1. The molecule has 1 fully saturated rings. The minimum Gasteiger partial charge on any atom is -0.545 e. The fourth-order valence-electron chi connectivity index (χ4n) is 14.4. The van der Waals surface area contributed by atoms with Gasteiger partial charge in [-0.2, -0.15) is 0 Å². The SMILES string of the molecule is CCCCCCCCCCCCCCCCCC(=O)CCCC[N+](C)(C)CC(C[N+](C)(C)CCCCC(=O)CCCCCCCCCCCCCCCCC)OC(=O)c1ccccc1C(=O)[O-].CCCCCCCCCCCCCCCCCC(=O)NCCCN(C)C.ClCC1CO1.O=C1OC(=O)c2ccccc21. The largest absolute Gasteiger partial charge is 0.545 e. The number of aromatic carboxylic acids is 1. The summed E-state index contributed by atoms with van der Waals surface area (Å²) in [5.41, 5.74) is 0.551. The van der Waals surface area contributed by atoms with Crippen LogP contribution in [0, 0.1) is 0 Å². The highest BCUT2D eigenvalue weighted by Crippen LogP contribution is 2.23. The zero-order valence-corrected chi connectivity index (χ0v) is 72.3. The number of ketones is 2. The summed E-state index contributed by atoms with van der Waals surface area (Å²) in [6.07, 6.45) is 68.0. The van der Waals surface area contributed by atoms with Crippen molar-refractivity contribution in [3.8, 4) is 0 Å². The molecule has 1 unspecified atom stereocenters. The van der Waals surface area contributed by atoms with Crippen molar-refractivity contribution < 1.29 is 61.8 Å². The van der Waals surface area contributed by atoms with Gasteiger partial charge in [-0.25, -0.2) is 14.4 Å². The smallest absolute Gasteiger partial charge is 0.346 e. The number of nitrogens with zero attached hydrogens (tertiary/aromatic N) is 3. The molecule has 0 aromatic heterocycles. The van der Waals surface area contributed by atoms with Crippen molar-refractivity contribution in [1.29, 1.82) is 0 Å². The van der Waals surface area contributed by atoms with Crippen molar-refractivity contribution in [3.63, 3.8) is 0 Å². The molecule has 1 atom stereocenters. The number of carbonyl (C=O) groups is 7. The predicted octanol–water partition coefficient (Wildman–Crippen LogP) is 22.7. The fourth-order valence-corrected chi connectivity index (χ4v) is 14.6. The van der Waals surface area contributed by atoms with Crippen LogP contribution in [0.1, 0.15) is 415 Å². The predicted molar refractivity (Wildman–Crippen MR) is 453 cm³/mol. The lowest BCUT2D eigenvalue weighted by molar-refractivity contribution is -0.914. The Hall–Kier alpha value is -4.54. The third-order valence-electron chi connectivity index (χ3n) is 21.3. The third kappa shape index (κ3) is 62.6. The molecule has 628 valence electrons. The van der Waals surface area contributed by atoms with E-state index in [-0.39, 0.29) is 17.0 Å². The second-order valence-electron chi connectivity index (χ2n) is 33.5. The van der Waals surface area contributed by atoms with Crippen LogP contribution in [-0.4, -0.2) is 161 Å². The molecule has 2 aliphatic rings. The van der Waals surface area contributed by atoms with Gasteiger partial charge in [-0.15, -0.1) is 11.6 Å². The van der Waals surface area contributed by atoms with Crippen molar-refractivity contribution in [2.24, 2.45) is 0 Å². The quantitative estimate of drug-likeness (QED) is 0.0165. The molecular formula is C93H164ClN4O11+. The van der Waals surface area contributed by atoms with E-state index in [1.165, 1.54) is 269 Å². The van der Waals surface area contributed by atoms with Crippen molar-refractivity contribution in [1.82, 2.24) is 10.2 Å². The number of unbranched alkanes of at least 4 members (excludes halogenated alkanes) is 44. The molecule has 0 aliphatic carbocycles. The van der Waals surface area contributed by atoms with Crippen LogP contribution in [0.5, 0.6) is 0 Å². The van der Waals surface area contributed by atoms with Gasteiger partial charge < -0.3 is 43.3 Å². The number of epoxide rings is 1. The van der Waals surface area contributed by atoms with Crippen LogP contribution in [0.25, 0.3) is 0 Å². The Kier molecular flexibility index (Phi) is 65.9. The molecule has 2 aliphatic heterocycles. The lowest BCUT2D eigenvalue weighted by atomic mass is 10.0. The number of carboxylic acids is 1. The molecule has 16 heteroatoms. The van der Waals surface area contributed by atoms with Gasteiger partial charge >= 0.3 is 17.9 Å². The molecule has 2 aromatic carbocycles. The van der Waals surface area contributed by atoms with Gasteiger partial charge in [0.15, 0.2) is 6.10 Å². The molecule has 1 amide bonds. The highest BCUT2D eigenvalue weighted by molar-refractivity contribution is 6.18. The molecule has 4 rings (SSSR count). The Morgan fingerprint density at radius 2 is 0.743 bits per heavy atom. The number of quaternary nitrogens is 2. The highest BCUT2D eigenvalue weighted by atomic mass is 35.5. The Bertz CT molecular complexity index is 2490. The first-order chi connectivity index (χ1) is 52.7. The molecule has 2 heterocycles. The van der Waals surface area contributed by atoms with Gasteiger partial charge in [0.1, 0.15) is 24.7 Å². The molecule has 0 radical (unpaired) electrons. The van der Waals surface area contributed by atoms with E-state index < -0.39 is 30.0 Å². The Morgan fingerprint density at radius 1 is 0.450 bits per heavy atom. The summed E-state index contributed by atoms with van der Waals surface area (Å²) in [7, 11) is 12.7. The number of Topliss-reactive ketones (excluding diaryl/α,β-unsaturated/α-hetero) is 2. The summed E-state index contributed by atoms with van der Waals surface area (Å²) in [5, 5.41) is 14.9. The van der Waals surface area contributed by atoms with E-state index >= 15 is 0 Å². The van der Waals surface area contributed by atoms with Gasteiger partial charge in [0, 0.05) is 44.2 Å². The van der Waals surface area contributed by atoms with Gasteiger partial charge in [0.25, 0.3) is 0 Å². The number of benzene rings is 2. The molecule has 1 saturated heterocycles. The van der Waals surface area contributed by atoms with Crippen molar-refractivity contribution in [2.45, 2.75) is 386 Å². The van der Waals surface area contributed by atoms with E-state index in [2.05, 4.69) is 78.0 Å². The van der Waals surface area contributed by atoms with Gasteiger partial charge in [-0.3, -0.25) is 14.4 Å². The van der Waals surface area contributed by atoms with Crippen molar-refractivity contribution in [2.75, 3.05) is 94.0 Å². The van der Waals surface area contributed by atoms with Crippen molar-refractivity contribution in [3.05, 3.63) is 70.8 Å². The summed E-state index contributed by atoms with van der Waals surface area (Å²) in [6, 6.07) is 12.6. The topological polar surface area (TPSA) is 189 Å². The molecule has 15 nitrogen and oxygen atoms in total. The van der Waals surface area contributed by atoms with Crippen molar-refractivity contribution >= 4 is 53.0 Å². The van der Waals surface area contributed by atoms with Crippen LogP contribution in [-0.2, 0) is 28.6 Å². The first kappa shape index (κ1) is 102. The number of nitrogens with one attached hydrogen (secondary N) is 1. The number of cyclic esters (lactones) is 2. The lowest BCUT2D eigenvalue weighted by Gasteiger charge is -2.37. The molecule has 0 bridgehead atoms. The molecule has 109 heavy (non-hydrogen) atoms. The minimum atomic E-state index is -1.40. The number of ether oxygens (including phenoxy) is 3. The van der Waals surface area contributed by atoms with E-state index in [4.69, 9.17) is 21.1 Å². The number of fused-ring (bicyclic) bond motifs is 1. The fraction of sp³-hybridized carbons (Fsp3) is 0.796. The van der Waals surface area contributed by atoms with Crippen LogP contribution in [0.4, 0.5) is 0 Å². The number of esters is 3. The van der Waals surface area contributed by atoms with Crippen LogP contribution < -0.4 is 10.4 Å². The van der Waals surface area contributed by atoms with E-state index in [1.807, 2.05) is 0 Å². The molecule has 0 spiro atoms. The number of carbonyl (C=O) groups excluding carboxylic acids is 7. The second-order valence-corrected chi connectivity index (χ2v) is 33.8. The number of carboxylic acid groups (broad SMARTS) is 1. The normalized spacial score (nSPS) is 13.1. The average Bonchev–Trinajstić information content (AvgIpc) is 1.76. The first-order valence-corrected chi connectivity index (χ1v) is 45.4. The molecule has 1 N–H and O–H groups in total. The van der Waals surface area contributed by atoms with E-state index in [1.54, 1.807) is 36.4 Å². The zero-order chi connectivity index (χ0) is 80.1. The number of likely N-dealkylation sites (N-methyl/N-ethyl adjacent to an activating group) is 2. The summed E-state index contributed by atoms with van der Waals surface area (Å²) >= 11 is 5.27. The van der Waals surface area contributed by atoms with Gasteiger partial charge in [0.05, 0.1) is 82.5 Å². The summed E-state index contributed by atoms with van der Waals surface area (Å²) < 4.78 is 16.5. The highest BCUT2D eigenvalue weighted by Gasteiger charge is 2.33. The maximum Gasteiger partial charge on any atom is 0.346 e. The zero-order valence-electron chi connectivity index (χ0n) is 71.5. The standard InChI is InChI=1S/C59H107N2O6.C23H48N2O.C8H4O3.C3H5ClO/c1-7-9-11-13-15-17-19-21-23-25-27-29-31-33-35-43-53(62)45-39-41-49-60(3,4)51-55(67-59(66)57-48-38-37-47-56(57)58(64)65)52-61(5,6)50-42-40-46-54(63)44-36-34-32-30-28-26-24-22-20-18-16-14-12-10-8-2;1-4-5-6-7-8-9-10-11-12-13-14-15-16-17-18-20-23(26)24-21-19-22-25(2)3;9-7-5-3-1-2-4-6(5)8(10)11-7;4-1-3-2-5-3/h37-38,47-48,55H,7-36,39-46,49-52H2,1-6H3;4-22H2,1-3H3,(H,24,26);1-4H;3H,1-2H2/q+1;;;. The number of halogens is 1. The summed E-state index contributed by atoms with van der Waals surface area (Å²) in [5.74, 6) is -1.53. The van der Waals surface area contributed by atoms with Gasteiger partial charge in [-0.1, -0.05) is 321 Å². The van der Waals surface area contributed by atoms with Crippen LogP contribution in [0.2, 0.25) is 0 Å². The summed E-state index contributed by atoms with van der Waals surface area (Å²) in [4.78, 5) is 86.4. The number of hydrogen-bond acceptors (Lipinski definition) is 12. The Balaban J connectivity index is 0.00000113. The number of rotatable bonds is 70. The van der Waals surface area contributed by atoms with Gasteiger partial charge in [-0.05, 0) is 90.2 Å². The molecule has 0 saturated carbocycles. The van der Waals surface area contributed by atoms with Crippen LogP contribution in [0.15, 0.2) is 48.5 Å². The summed E-state index contributed by atoms with van der Waals surface area (Å²) in [6.45, 7) is 12.4. The third-order valence-corrected chi connectivity index (χ3v) is 21.7. The Labute approximate surface area is 672 Å². The lowest BCUT2D eigenvalue weighted by Crippen LogP contribution is -2.54. The van der Waals surface area contributed by atoms with Crippen LogP contribution >= 0.6 is 11.6 Å². The monoisotopic (exact) mass is 1550 g/mol. The molecular weight excluding hydrogens is 1380 g/mol. The van der Waals surface area contributed by atoms with E-state index in [0.717, 1.165) is 97.0 Å². The minimum absolute atomic E-state index is 0.00306. The van der Waals surface area contributed by atoms with E-state index in [0.29, 0.717) is 88.8 Å². The number of hydrogen-bond donors (Lipinski definition) is 1. The van der Waals surface area contributed by atoms with E-state index in [9.17, 15) is 38.7 Å². The average molecular weight is 1550 g/mol. The molecule has 2 aromatic rings. The van der Waals surface area contributed by atoms with Crippen LogP contribution in [0.3, 0.4) is 0 Å². The van der Waals surface area contributed by atoms with Gasteiger partial charge in [0.2, 0.25) is 5.91 Å². The Morgan fingerprint density at radius 3 is 1.04 bits per heavy atom. The second kappa shape index (κ2) is 70.1.